The van der Waals surface area contributed by atoms with Crippen LogP contribution in [0.25, 0.3) is 5.65 Å². The fourth-order valence-electron chi connectivity index (χ4n) is 4.55. The number of pyridine rings is 1. The number of fused-ring (bicyclic) bond motifs is 3. The highest BCUT2D eigenvalue weighted by molar-refractivity contribution is 6.02. The summed E-state index contributed by atoms with van der Waals surface area (Å²) < 4.78 is 38.9. The monoisotopic (exact) mass is 429 g/mol. The molecule has 1 aliphatic heterocycles. The summed E-state index contributed by atoms with van der Waals surface area (Å²) in [4.78, 5) is 25.3. The van der Waals surface area contributed by atoms with Crippen LogP contribution in [0.5, 0.6) is 5.88 Å². The van der Waals surface area contributed by atoms with Crippen molar-refractivity contribution in [2.75, 3.05) is 19.0 Å². The van der Waals surface area contributed by atoms with Gasteiger partial charge in [-0.1, -0.05) is 6.07 Å². The van der Waals surface area contributed by atoms with Crippen LogP contribution in [0.2, 0.25) is 0 Å². The van der Waals surface area contributed by atoms with Crippen LogP contribution in [-0.4, -0.2) is 44.6 Å². The van der Waals surface area contributed by atoms with E-state index in [-0.39, 0.29) is 28.4 Å². The molecule has 31 heavy (non-hydrogen) atoms. The van der Waals surface area contributed by atoms with Gasteiger partial charge in [-0.05, 0) is 38.3 Å². The Morgan fingerprint density at radius 3 is 2.74 bits per heavy atom. The molecule has 1 N–H and O–H groups in total. The highest BCUT2D eigenvalue weighted by Crippen LogP contribution is 2.53. The molecule has 0 radical (unpaired) electrons. The first-order chi connectivity index (χ1) is 14.8. The fraction of sp³-hybridized carbons (Fsp3) is 0.429. The lowest BCUT2D eigenvalue weighted by Gasteiger charge is -2.24. The Bertz CT molecular complexity index is 1170. The van der Waals surface area contributed by atoms with Gasteiger partial charge >= 0.3 is 0 Å². The zero-order valence-electron chi connectivity index (χ0n) is 17.1. The smallest absolute Gasteiger partial charge is 0.280 e. The maximum atomic E-state index is 12.9. The number of methoxy groups -OCH3 is 1. The number of imidazole rings is 1. The van der Waals surface area contributed by atoms with E-state index < -0.39 is 18.0 Å². The summed E-state index contributed by atoms with van der Waals surface area (Å²) in [7, 11) is 1.47. The minimum atomic E-state index is -2.76. The van der Waals surface area contributed by atoms with Crippen LogP contribution in [0.1, 0.15) is 54.5 Å². The van der Waals surface area contributed by atoms with Crippen LogP contribution in [0.15, 0.2) is 30.6 Å². The molecule has 5 rings (SSSR count). The van der Waals surface area contributed by atoms with Gasteiger partial charge in [0.25, 0.3) is 18.2 Å². The number of hydrogen-bond acceptors (Lipinski definition) is 6. The van der Waals surface area contributed by atoms with Gasteiger partial charge in [-0.3, -0.25) is 9.20 Å². The van der Waals surface area contributed by atoms with Crippen molar-refractivity contribution in [2.24, 2.45) is 0 Å². The molecule has 1 saturated carbocycles. The number of nitrogens with one attached hydrogen (secondary N) is 1. The Labute approximate surface area is 176 Å². The minimum Gasteiger partial charge on any atom is -0.478 e. The summed E-state index contributed by atoms with van der Waals surface area (Å²) in [6.07, 6.45) is 3.66. The number of amides is 1. The standard InChI is InChI=1S/C21H21F2N5O3/c1-20-6-7-21(10-20,11-31-20)14-8-28-9-15(27-19(30-2)17(28)25-14)26-18(29)13-5-3-4-12(24-13)16(22)23/h3-5,8-9,16H,6-7,10-11H2,1-2H3,(H,26,29)/t20-,21-/m0/s1. The number of alkyl halides is 2. The number of ether oxygens (including phenoxy) is 2. The van der Waals surface area contributed by atoms with Crippen LogP contribution < -0.4 is 10.1 Å². The third-order valence-electron chi connectivity index (χ3n) is 6.15. The Balaban J connectivity index is 1.46. The van der Waals surface area contributed by atoms with Crippen molar-refractivity contribution in [3.63, 3.8) is 0 Å². The van der Waals surface area contributed by atoms with E-state index in [1.54, 1.807) is 10.6 Å². The van der Waals surface area contributed by atoms with Crippen molar-refractivity contribution in [1.82, 2.24) is 19.4 Å². The number of anilines is 1. The summed E-state index contributed by atoms with van der Waals surface area (Å²) in [5.74, 6) is -0.209. The number of aromatic nitrogens is 4. The van der Waals surface area contributed by atoms with Crippen molar-refractivity contribution in [2.45, 2.75) is 43.6 Å². The van der Waals surface area contributed by atoms with E-state index in [4.69, 9.17) is 14.5 Å². The topological polar surface area (TPSA) is 90.6 Å². The van der Waals surface area contributed by atoms with E-state index in [9.17, 15) is 13.6 Å². The van der Waals surface area contributed by atoms with Gasteiger partial charge in [0.2, 0.25) is 5.65 Å². The van der Waals surface area contributed by atoms with E-state index >= 15 is 0 Å². The molecule has 2 fully saturated rings. The lowest BCUT2D eigenvalue weighted by atomic mass is 9.84. The van der Waals surface area contributed by atoms with Crippen LogP contribution in [-0.2, 0) is 10.2 Å². The predicted molar refractivity (Wildman–Crippen MR) is 107 cm³/mol. The summed E-state index contributed by atoms with van der Waals surface area (Å²) in [6, 6.07) is 3.89. The van der Waals surface area contributed by atoms with Gasteiger partial charge < -0.3 is 14.8 Å². The molecule has 2 aliphatic rings. The second-order valence-corrected chi connectivity index (χ2v) is 8.39. The quantitative estimate of drug-likeness (QED) is 0.667. The van der Waals surface area contributed by atoms with Gasteiger partial charge in [0.15, 0.2) is 5.82 Å². The second kappa shape index (κ2) is 6.94. The molecular formula is C21H21F2N5O3. The van der Waals surface area contributed by atoms with E-state index in [0.29, 0.717) is 12.3 Å². The second-order valence-electron chi connectivity index (χ2n) is 8.39. The Hall–Kier alpha value is -3.14. The average Bonchev–Trinajstić information content (AvgIpc) is 3.44. The highest BCUT2D eigenvalue weighted by Gasteiger charge is 2.55. The van der Waals surface area contributed by atoms with Crippen molar-refractivity contribution in [3.05, 3.63) is 47.7 Å². The number of rotatable bonds is 5. The summed E-state index contributed by atoms with van der Waals surface area (Å²) in [5, 5.41) is 2.60. The first-order valence-corrected chi connectivity index (χ1v) is 9.96. The number of hydrogen-bond donors (Lipinski definition) is 1. The zero-order valence-corrected chi connectivity index (χ0v) is 17.1. The molecule has 3 aromatic rings. The molecule has 0 spiro atoms. The minimum absolute atomic E-state index is 0.100. The highest BCUT2D eigenvalue weighted by atomic mass is 19.3. The number of nitrogens with zero attached hydrogens (tertiary/aromatic N) is 4. The van der Waals surface area contributed by atoms with Gasteiger partial charge in [0.05, 0.1) is 31.2 Å². The number of carbonyl (C=O) groups excluding carboxylic acids is 1. The number of carbonyl (C=O) groups is 1. The molecule has 4 heterocycles. The van der Waals surface area contributed by atoms with Gasteiger partial charge in [-0.25, -0.2) is 18.7 Å². The molecule has 162 valence electrons. The van der Waals surface area contributed by atoms with Gasteiger partial charge in [-0.15, -0.1) is 0 Å². The van der Waals surface area contributed by atoms with Gasteiger partial charge in [0.1, 0.15) is 11.4 Å². The molecular weight excluding hydrogens is 408 g/mol. The van der Waals surface area contributed by atoms with Crippen LogP contribution in [0.3, 0.4) is 0 Å². The van der Waals surface area contributed by atoms with Gasteiger partial charge in [0, 0.05) is 11.6 Å². The van der Waals surface area contributed by atoms with Crippen molar-refractivity contribution < 1.29 is 23.0 Å². The first-order valence-electron chi connectivity index (χ1n) is 9.96. The fourth-order valence-corrected chi connectivity index (χ4v) is 4.55. The Kier molecular flexibility index (Phi) is 4.44. The predicted octanol–water partition coefficient (Wildman–Crippen LogP) is 3.53. The lowest BCUT2D eigenvalue weighted by molar-refractivity contribution is -0.00627. The maximum Gasteiger partial charge on any atom is 0.280 e. The summed E-state index contributed by atoms with van der Waals surface area (Å²) in [6.45, 7) is 2.75. The molecule has 0 aromatic carbocycles. The molecule has 8 nitrogen and oxygen atoms in total. The Morgan fingerprint density at radius 2 is 2.10 bits per heavy atom. The normalized spacial score (nSPS) is 24.8. The maximum absolute atomic E-state index is 12.9. The molecule has 3 aromatic heterocycles. The summed E-state index contributed by atoms with van der Waals surface area (Å²) in [5.41, 5.74) is 0.616. The van der Waals surface area contributed by atoms with E-state index in [1.807, 2.05) is 6.20 Å². The zero-order chi connectivity index (χ0) is 21.8. The lowest BCUT2D eigenvalue weighted by Crippen LogP contribution is -2.26. The molecule has 0 unspecified atom stereocenters. The van der Waals surface area contributed by atoms with Crippen LogP contribution in [0, 0.1) is 0 Å². The Morgan fingerprint density at radius 1 is 1.26 bits per heavy atom. The molecule has 1 aliphatic carbocycles. The van der Waals surface area contributed by atoms with Crippen molar-refractivity contribution >= 4 is 17.4 Å². The van der Waals surface area contributed by atoms with Crippen LogP contribution >= 0.6 is 0 Å². The number of halogens is 2. The average molecular weight is 429 g/mol. The summed E-state index contributed by atoms with van der Waals surface area (Å²) >= 11 is 0. The van der Waals surface area contributed by atoms with E-state index in [0.717, 1.165) is 25.0 Å². The van der Waals surface area contributed by atoms with Crippen molar-refractivity contribution in [3.8, 4) is 5.88 Å². The van der Waals surface area contributed by atoms with Gasteiger partial charge in [-0.2, -0.15) is 4.98 Å². The third kappa shape index (κ3) is 3.31. The molecule has 2 atom stereocenters. The molecule has 1 amide bonds. The van der Waals surface area contributed by atoms with Crippen LogP contribution in [0.4, 0.5) is 14.6 Å². The van der Waals surface area contributed by atoms with Crippen molar-refractivity contribution in [1.29, 1.82) is 0 Å². The first kappa shape index (κ1) is 19.8. The third-order valence-corrected chi connectivity index (χ3v) is 6.15. The van der Waals surface area contributed by atoms with E-state index in [1.165, 1.54) is 25.3 Å². The van der Waals surface area contributed by atoms with E-state index in [2.05, 4.69) is 22.2 Å². The SMILES string of the molecule is COc1nc(NC(=O)c2cccc(C(F)F)n2)cn2cc([C@@]34CC[C@@](C)(C3)OC4)nc12. The molecule has 10 heteroatoms. The molecule has 1 saturated heterocycles. The largest absolute Gasteiger partial charge is 0.478 e. The molecule has 2 bridgehead atoms.